The highest BCUT2D eigenvalue weighted by Gasteiger charge is 2.35. The van der Waals surface area contributed by atoms with Crippen LogP contribution in [0.1, 0.15) is 35.4 Å². The summed E-state index contributed by atoms with van der Waals surface area (Å²) in [6.45, 7) is 0.642. The van der Waals surface area contributed by atoms with Crippen molar-refractivity contribution in [3.05, 3.63) is 78.4 Å². The summed E-state index contributed by atoms with van der Waals surface area (Å²) in [6, 6.07) is 18.2. The number of ketones is 1. The van der Waals surface area contributed by atoms with Crippen molar-refractivity contribution in [2.75, 3.05) is 6.54 Å². The second-order valence-electron chi connectivity index (χ2n) is 7.11. The van der Waals surface area contributed by atoms with E-state index in [0.717, 1.165) is 12.0 Å². The number of nitrogens with zero attached hydrogens (tertiary/aromatic N) is 2. The van der Waals surface area contributed by atoms with Crippen LogP contribution in [0.2, 0.25) is 0 Å². The van der Waals surface area contributed by atoms with Crippen LogP contribution in [0.4, 0.5) is 0 Å². The molecule has 1 aromatic heterocycles. The first-order valence-corrected chi connectivity index (χ1v) is 9.70. The molecule has 142 valence electrons. The second kappa shape index (κ2) is 8.21. The third kappa shape index (κ3) is 3.88. The Morgan fingerprint density at radius 1 is 1.04 bits per heavy atom. The van der Waals surface area contributed by atoms with Crippen molar-refractivity contribution in [3.63, 3.8) is 0 Å². The largest absolute Gasteiger partial charge is 0.342 e. The van der Waals surface area contributed by atoms with Gasteiger partial charge in [0.1, 0.15) is 0 Å². The zero-order valence-corrected chi connectivity index (χ0v) is 15.7. The van der Waals surface area contributed by atoms with Crippen molar-refractivity contribution in [2.45, 2.75) is 31.7 Å². The number of aromatic amines is 1. The summed E-state index contributed by atoms with van der Waals surface area (Å²) < 4.78 is 0. The molecule has 28 heavy (non-hydrogen) atoms. The molecule has 1 saturated heterocycles. The maximum Gasteiger partial charge on any atom is 0.223 e. The van der Waals surface area contributed by atoms with Crippen molar-refractivity contribution < 1.29 is 9.59 Å². The molecule has 1 amide bonds. The summed E-state index contributed by atoms with van der Waals surface area (Å²) >= 11 is 0. The summed E-state index contributed by atoms with van der Waals surface area (Å²) in [7, 11) is 0. The third-order valence-corrected chi connectivity index (χ3v) is 5.30. The average Bonchev–Trinajstić information content (AvgIpc) is 3.45. The highest BCUT2D eigenvalue weighted by Crippen LogP contribution is 2.23. The number of nitrogens with one attached hydrogen (secondary N) is 1. The Kier molecular flexibility index (Phi) is 5.33. The number of carbonyl (C=O) groups excluding carboxylic acids is 2. The molecule has 1 aliphatic rings. The summed E-state index contributed by atoms with van der Waals surface area (Å²) in [4.78, 5) is 33.9. The third-order valence-electron chi connectivity index (χ3n) is 5.30. The quantitative estimate of drug-likeness (QED) is 0.667. The van der Waals surface area contributed by atoms with Gasteiger partial charge in [-0.05, 0) is 36.0 Å². The van der Waals surface area contributed by atoms with E-state index in [0.29, 0.717) is 31.6 Å². The van der Waals surface area contributed by atoms with E-state index in [1.807, 2.05) is 18.2 Å². The predicted octanol–water partition coefficient (Wildman–Crippen LogP) is 3.88. The zero-order chi connectivity index (χ0) is 19.3. The van der Waals surface area contributed by atoms with Crippen molar-refractivity contribution >= 4 is 11.7 Å². The molecule has 2 heterocycles. The summed E-state index contributed by atoms with van der Waals surface area (Å²) in [5.41, 5.74) is 3.47. The van der Waals surface area contributed by atoms with E-state index in [1.165, 1.54) is 11.1 Å². The molecule has 1 aliphatic heterocycles. The molecular weight excluding hydrogens is 350 g/mol. The fraction of sp³-hybridized carbons (Fsp3) is 0.261. The van der Waals surface area contributed by atoms with Crippen LogP contribution in [0.15, 0.2) is 67.0 Å². The Bertz CT molecular complexity index is 934. The van der Waals surface area contributed by atoms with Gasteiger partial charge in [-0.1, -0.05) is 54.6 Å². The zero-order valence-electron chi connectivity index (χ0n) is 15.7. The number of hydrogen-bond donors (Lipinski definition) is 1. The molecule has 5 nitrogen and oxygen atoms in total. The summed E-state index contributed by atoms with van der Waals surface area (Å²) in [6.07, 6.45) is 5.84. The van der Waals surface area contributed by atoms with Gasteiger partial charge in [0, 0.05) is 25.4 Å². The highest BCUT2D eigenvalue weighted by atomic mass is 16.2. The van der Waals surface area contributed by atoms with Crippen LogP contribution in [0.25, 0.3) is 11.1 Å². The Hall–Kier alpha value is -3.21. The van der Waals surface area contributed by atoms with E-state index in [2.05, 4.69) is 46.4 Å². The first-order chi connectivity index (χ1) is 13.7. The predicted molar refractivity (Wildman–Crippen MR) is 108 cm³/mol. The van der Waals surface area contributed by atoms with Gasteiger partial charge < -0.3 is 9.88 Å². The maximum absolute atomic E-state index is 12.7. The minimum absolute atomic E-state index is 0.0366. The number of likely N-dealkylation sites (tertiary alicyclic amines) is 1. The smallest absolute Gasteiger partial charge is 0.223 e. The van der Waals surface area contributed by atoms with Gasteiger partial charge in [0.2, 0.25) is 11.7 Å². The van der Waals surface area contributed by atoms with Gasteiger partial charge in [0.25, 0.3) is 0 Å². The fourth-order valence-electron chi connectivity index (χ4n) is 3.78. The minimum atomic E-state index is -0.390. The van der Waals surface area contributed by atoms with Crippen LogP contribution in [0, 0.1) is 0 Å². The number of amides is 1. The van der Waals surface area contributed by atoms with Crippen LogP contribution in [0.5, 0.6) is 0 Å². The Morgan fingerprint density at radius 3 is 2.50 bits per heavy atom. The fourth-order valence-corrected chi connectivity index (χ4v) is 3.78. The van der Waals surface area contributed by atoms with E-state index >= 15 is 0 Å². The molecule has 0 radical (unpaired) electrons. The number of rotatable bonds is 6. The molecule has 1 fully saturated rings. The number of aryl methyl sites for hydroxylation is 1. The molecule has 2 aromatic carbocycles. The van der Waals surface area contributed by atoms with Crippen molar-refractivity contribution in [2.24, 2.45) is 0 Å². The summed E-state index contributed by atoms with van der Waals surface area (Å²) in [5.74, 6) is 0.277. The number of imidazole rings is 1. The van der Waals surface area contributed by atoms with Gasteiger partial charge in [0.15, 0.2) is 5.82 Å². The van der Waals surface area contributed by atoms with Crippen LogP contribution in [-0.2, 0) is 11.2 Å². The first-order valence-electron chi connectivity index (χ1n) is 9.70. The lowest BCUT2D eigenvalue weighted by atomic mass is 10.0. The van der Waals surface area contributed by atoms with Crippen molar-refractivity contribution in [3.8, 4) is 11.1 Å². The molecular formula is C23H23N3O2. The summed E-state index contributed by atoms with van der Waals surface area (Å²) in [5, 5.41) is 0. The van der Waals surface area contributed by atoms with Crippen molar-refractivity contribution in [1.82, 2.24) is 14.9 Å². The topological polar surface area (TPSA) is 66.1 Å². The maximum atomic E-state index is 12.7. The number of Topliss-reactive ketones (excluding diaryl/α,β-unsaturated/α-hetero) is 1. The van der Waals surface area contributed by atoms with Gasteiger partial charge in [0.05, 0.1) is 6.04 Å². The standard InChI is InChI=1S/C23H23N3O2/c27-21(26-16-4-7-20(26)22(28)23-24-14-15-25-23)13-10-17-8-11-19(12-9-17)18-5-2-1-3-6-18/h1-3,5-6,8-9,11-12,14-15,20H,4,7,10,13,16H2,(H,24,25)/t20-/m0/s1. The monoisotopic (exact) mass is 373 g/mol. The van der Waals surface area contributed by atoms with Gasteiger partial charge in [-0.25, -0.2) is 4.98 Å². The molecule has 3 aromatic rings. The molecule has 0 unspecified atom stereocenters. The van der Waals surface area contributed by atoms with E-state index in [4.69, 9.17) is 0 Å². The van der Waals surface area contributed by atoms with Crippen LogP contribution < -0.4 is 0 Å². The molecule has 0 bridgehead atoms. The highest BCUT2D eigenvalue weighted by molar-refractivity contribution is 5.99. The lowest BCUT2D eigenvalue weighted by Gasteiger charge is -2.23. The molecule has 0 saturated carbocycles. The number of aromatic nitrogens is 2. The average molecular weight is 373 g/mol. The Labute approximate surface area is 164 Å². The molecule has 5 heteroatoms. The molecule has 0 spiro atoms. The number of hydrogen-bond acceptors (Lipinski definition) is 3. The van der Waals surface area contributed by atoms with Crippen LogP contribution in [-0.4, -0.2) is 39.1 Å². The van der Waals surface area contributed by atoms with Crippen molar-refractivity contribution in [1.29, 1.82) is 0 Å². The van der Waals surface area contributed by atoms with Gasteiger partial charge >= 0.3 is 0 Å². The van der Waals surface area contributed by atoms with Crippen LogP contribution in [0.3, 0.4) is 0 Å². The first kappa shape index (κ1) is 18.2. The van der Waals surface area contributed by atoms with Gasteiger partial charge in [-0.3, -0.25) is 9.59 Å². The Balaban J connectivity index is 1.36. The van der Waals surface area contributed by atoms with Crippen LogP contribution >= 0.6 is 0 Å². The molecule has 1 N–H and O–H groups in total. The number of benzene rings is 2. The number of carbonyl (C=O) groups is 2. The molecule has 1 atom stereocenters. The number of H-pyrrole nitrogens is 1. The normalized spacial score (nSPS) is 16.3. The van der Waals surface area contributed by atoms with E-state index < -0.39 is 0 Å². The molecule has 0 aliphatic carbocycles. The van der Waals surface area contributed by atoms with Gasteiger partial charge in [-0.15, -0.1) is 0 Å². The minimum Gasteiger partial charge on any atom is -0.342 e. The SMILES string of the molecule is O=C(c1ncc[nH]1)[C@@H]1CCCN1C(=O)CCc1ccc(-c2ccccc2)cc1. The van der Waals surface area contributed by atoms with E-state index in [1.54, 1.807) is 17.3 Å². The lowest BCUT2D eigenvalue weighted by Crippen LogP contribution is -2.41. The van der Waals surface area contributed by atoms with Gasteiger partial charge in [-0.2, -0.15) is 0 Å². The molecule has 4 rings (SSSR count). The lowest BCUT2D eigenvalue weighted by molar-refractivity contribution is -0.131. The second-order valence-corrected chi connectivity index (χ2v) is 7.11. The Morgan fingerprint density at radius 2 is 1.79 bits per heavy atom. The van der Waals surface area contributed by atoms with E-state index in [9.17, 15) is 9.59 Å². The van der Waals surface area contributed by atoms with E-state index in [-0.39, 0.29) is 17.7 Å².